The van der Waals surface area contributed by atoms with E-state index in [9.17, 15) is 9.59 Å². The second-order valence-electron chi connectivity index (χ2n) is 8.29. The minimum Gasteiger partial charge on any atom is -0.380 e. The Balaban J connectivity index is 1.49. The van der Waals surface area contributed by atoms with Gasteiger partial charge in [-0.2, -0.15) is 0 Å². The Morgan fingerprint density at radius 1 is 1.16 bits per heavy atom. The number of carbonyl (C=O) groups is 2. The minimum atomic E-state index is -0.622. The highest BCUT2D eigenvalue weighted by molar-refractivity contribution is 5.95. The predicted octanol–water partition coefficient (Wildman–Crippen LogP) is 3.08. The fraction of sp³-hybridized carbons (Fsp3) is 0.320. The molecule has 2 aromatic carbocycles. The van der Waals surface area contributed by atoms with Crippen molar-refractivity contribution in [2.75, 3.05) is 13.2 Å². The van der Waals surface area contributed by atoms with Crippen LogP contribution in [0.4, 0.5) is 0 Å². The van der Waals surface area contributed by atoms with Crippen LogP contribution in [0.1, 0.15) is 39.2 Å². The fourth-order valence-corrected chi connectivity index (χ4v) is 4.25. The van der Waals surface area contributed by atoms with Gasteiger partial charge in [0, 0.05) is 29.3 Å². The number of pyridine rings is 1. The zero-order valence-electron chi connectivity index (χ0n) is 18.2. The lowest BCUT2D eigenvalue weighted by molar-refractivity contribution is -0.138. The van der Waals surface area contributed by atoms with Crippen LogP contribution < -0.4 is 10.8 Å². The Hall–Kier alpha value is -3.29. The van der Waals surface area contributed by atoms with E-state index in [1.165, 1.54) is 5.56 Å². The molecule has 32 heavy (non-hydrogen) atoms. The maximum Gasteiger partial charge on any atom is 0.251 e. The molecule has 0 aliphatic carbocycles. The molecule has 7 heteroatoms. The van der Waals surface area contributed by atoms with E-state index in [0.29, 0.717) is 18.6 Å². The van der Waals surface area contributed by atoms with Gasteiger partial charge in [0.15, 0.2) is 0 Å². The zero-order chi connectivity index (χ0) is 22.7. The van der Waals surface area contributed by atoms with Crippen LogP contribution >= 0.6 is 0 Å². The van der Waals surface area contributed by atoms with Crippen LogP contribution in [0.2, 0.25) is 0 Å². The van der Waals surface area contributed by atoms with E-state index >= 15 is 0 Å². The predicted molar refractivity (Wildman–Crippen MR) is 121 cm³/mol. The second-order valence-corrected chi connectivity index (χ2v) is 8.29. The van der Waals surface area contributed by atoms with E-state index in [1.54, 1.807) is 17.6 Å². The minimum absolute atomic E-state index is 0.162. The number of nitrogens with zero attached hydrogens (tertiary/aromatic N) is 1. The summed E-state index contributed by atoms with van der Waals surface area (Å²) >= 11 is 0. The molecule has 0 unspecified atom stereocenters. The smallest absolute Gasteiger partial charge is 0.251 e. The van der Waals surface area contributed by atoms with Crippen molar-refractivity contribution < 1.29 is 19.5 Å². The summed E-state index contributed by atoms with van der Waals surface area (Å²) in [5, 5.41) is 13.0. The standard InChI is InChI=1S/C25H27N3O4/c1-15-4-3-5-20-19(12-16(2)26-23(15)20)13-17-6-8-18(9-7-17)24(29)27-22-10-11-32-14-21(22)25(30)28-31/h3-9,12,21-22,31H,10-11,13-14H2,1-2H3,(H,27,29)(H,28,30)/t21-,22+/m0/s1. The Bertz CT molecular complexity index is 1140. The largest absolute Gasteiger partial charge is 0.380 e. The third-order valence-electron chi connectivity index (χ3n) is 5.99. The summed E-state index contributed by atoms with van der Waals surface area (Å²) in [6.07, 6.45) is 1.25. The van der Waals surface area contributed by atoms with Crippen LogP contribution in [0.15, 0.2) is 48.5 Å². The summed E-state index contributed by atoms with van der Waals surface area (Å²) in [7, 11) is 0. The molecule has 0 radical (unpaired) electrons. The third-order valence-corrected chi connectivity index (χ3v) is 5.99. The van der Waals surface area contributed by atoms with Crippen molar-refractivity contribution in [1.82, 2.24) is 15.8 Å². The average Bonchev–Trinajstić information content (AvgIpc) is 2.80. The van der Waals surface area contributed by atoms with E-state index in [2.05, 4.69) is 35.4 Å². The van der Waals surface area contributed by atoms with Crippen LogP contribution in [0.3, 0.4) is 0 Å². The van der Waals surface area contributed by atoms with Gasteiger partial charge in [-0.05, 0) is 61.6 Å². The SMILES string of the molecule is Cc1cc(Cc2ccc(C(=O)N[C@@H]3CCOC[C@@H]3C(=O)NO)cc2)c2cccc(C)c2n1. The molecule has 4 rings (SSSR count). The van der Waals surface area contributed by atoms with E-state index < -0.39 is 17.9 Å². The Kier molecular flexibility index (Phi) is 6.48. The van der Waals surface area contributed by atoms with E-state index in [0.717, 1.165) is 34.1 Å². The molecule has 1 aromatic heterocycles. The topological polar surface area (TPSA) is 101 Å². The van der Waals surface area contributed by atoms with Crippen molar-refractivity contribution in [1.29, 1.82) is 0 Å². The molecule has 1 saturated heterocycles. The molecular formula is C25H27N3O4. The molecule has 0 saturated carbocycles. The number of hydrogen-bond acceptors (Lipinski definition) is 5. The lowest BCUT2D eigenvalue weighted by atomic mass is 9.94. The molecule has 7 nitrogen and oxygen atoms in total. The summed E-state index contributed by atoms with van der Waals surface area (Å²) in [5.41, 5.74) is 7.64. The van der Waals surface area contributed by atoms with Gasteiger partial charge in [-0.3, -0.25) is 19.8 Å². The van der Waals surface area contributed by atoms with Gasteiger partial charge < -0.3 is 10.1 Å². The molecule has 0 spiro atoms. The molecule has 2 atom stereocenters. The van der Waals surface area contributed by atoms with Crippen molar-refractivity contribution in [3.8, 4) is 0 Å². The summed E-state index contributed by atoms with van der Waals surface area (Å²) in [6, 6.07) is 15.4. The van der Waals surface area contributed by atoms with Crippen molar-refractivity contribution >= 4 is 22.7 Å². The second kappa shape index (κ2) is 9.46. The first-order valence-corrected chi connectivity index (χ1v) is 10.7. The van der Waals surface area contributed by atoms with Crippen LogP contribution in [-0.4, -0.2) is 41.3 Å². The number of aryl methyl sites for hydroxylation is 2. The number of ether oxygens (including phenoxy) is 1. The lowest BCUT2D eigenvalue weighted by Crippen LogP contribution is -2.51. The van der Waals surface area contributed by atoms with Gasteiger partial charge >= 0.3 is 0 Å². The number of hydroxylamine groups is 1. The van der Waals surface area contributed by atoms with Gasteiger partial charge in [0.1, 0.15) is 0 Å². The van der Waals surface area contributed by atoms with Gasteiger partial charge in [-0.1, -0.05) is 30.3 Å². The number of hydrogen-bond donors (Lipinski definition) is 3. The van der Waals surface area contributed by atoms with Gasteiger partial charge in [0.05, 0.1) is 18.0 Å². The molecule has 1 fully saturated rings. The first-order chi connectivity index (χ1) is 15.5. The number of amides is 2. The van der Waals surface area contributed by atoms with Crippen LogP contribution in [0.25, 0.3) is 10.9 Å². The molecule has 1 aliphatic rings. The third kappa shape index (κ3) is 4.64. The molecule has 166 valence electrons. The molecular weight excluding hydrogens is 406 g/mol. The van der Waals surface area contributed by atoms with E-state index in [-0.39, 0.29) is 12.5 Å². The first kappa shape index (κ1) is 21.9. The van der Waals surface area contributed by atoms with Crippen molar-refractivity contribution in [3.63, 3.8) is 0 Å². The maximum absolute atomic E-state index is 12.7. The van der Waals surface area contributed by atoms with Gasteiger partial charge in [-0.15, -0.1) is 0 Å². The highest BCUT2D eigenvalue weighted by Crippen LogP contribution is 2.24. The zero-order valence-corrected chi connectivity index (χ0v) is 18.2. The number of nitrogens with one attached hydrogen (secondary N) is 2. The molecule has 2 amide bonds. The van der Waals surface area contributed by atoms with Crippen molar-refractivity contribution in [2.24, 2.45) is 5.92 Å². The monoisotopic (exact) mass is 433 g/mol. The van der Waals surface area contributed by atoms with E-state index in [1.807, 2.05) is 25.1 Å². The number of carbonyl (C=O) groups excluding carboxylic acids is 2. The summed E-state index contributed by atoms with van der Waals surface area (Å²) in [4.78, 5) is 29.3. The van der Waals surface area contributed by atoms with Crippen molar-refractivity contribution in [2.45, 2.75) is 32.7 Å². The number of fused-ring (bicyclic) bond motifs is 1. The summed E-state index contributed by atoms with van der Waals surface area (Å²) in [6.45, 7) is 4.69. The number of para-hydroxylation sites is 1. The number of benzene rings is 2. The van der Waals surface area contributed by atoms with Gasteiger partial charge in [-0.25, -0.2) is 5.48 Å². The van der Waals surface area contributed by atoms with Gasteiger partial charge in [0.25, 0.3) is 11.8 Å². The Morgan fingerprint density at radius 2 is 1.94 bits per heavy atom. The maximum atomic E-state index is 12.7. The van der Waals surface area contributed by atoms with Crippen LogP contribution in [0.5, 0.6) is 0 Å². The quantitative estimate of drug-likeness (QED) is 0.424. The number of rotatable bonds is 5. The summed E-state index contributed by atoms with van der Waals surface area (Å²) in [5.74, 6) is -1.43. The lowest BCUT2D eigenvalue weighted by Gasteiger charge is -2.30. The van der Waals surface area contributed by atoms with E-state index in [4.69, 9.17) is 9.94 Å². The molecule has 3 N–H and O–H groups in total. The van der Waals surface area contributed by atoms with Crippen molar-refractivity contribution in [3.05, 3.63) is 76.5 Å². The highest BCUT2D eigenvalue weighted by atomic mass is 16.5. The van der Waals surface area contributed by atoms with Gasteiger partial charge in [0.2, 0.25) is 0 Å². The molecule has 1 aliphatic heterocycles. The van der Waals surface area contributed by atoms with Crippen LogP contribution in [0, 0.1) is 19.8 Å². The molecule has 3 aromatic rings. The molecule has 2 heterocycles. The first-order valence-electron chi connectivity index (χ1n) is 10.7. The van der Waals surface area contributed by atoms with Crippen LogP contribution in [-0.2, 0) is 16.0 Å². The highest BCUT2D eigenvalue weighted by Gasteiger charge is 2.32. The molecule has 0 bridgehead atoms. The normalized spacial score (nSPS) is 18.3. The average molecular weight is 434 g/mol. The number of aromatic nitrogens is 1. The Labute approximate surface area is 186 Å². The fourth-order valence-electron chi connectivity index (χ4n) is 4.25. The summed E-state index contributed by atoms with van der Waals surface area (Å²) < 4.78 is 5.31. The Morgan fingerprint density at radius 3 is 2.69 bits per heavy atom.